The van der Waals surface area contributed by atoms with Gasteiger partial charge in [-0.05, 0) is 35.4 Å². The third-order valence-corrected chi connectivity index (χ3v) is 4.99. The molecule has 3 heteroatoms. The fourth-order valence-corrected chi connectivity index (χ4v) is 3.54. The van der Waals surface area contributed by atoms with Crippen molar-refractivity contribution in [3.8, 4) is 16.9 Å². The molecule has 28 heavy (non-hydrogen) atoms. The Labute approximate surface area is 164 Å². The van der Waals surface area contributed by atoms with E-state index in [1.54, 1.807) is 12.1 Å². The first kappa shape index (κ1) is 17.8. The Morgan fingerprint density at radius 1 is 0.821 bits per heavy atom. The zero-order valence-electron chi connectivity index (χ0n) is 15.6. The number of carbonyl (C=O) groups excluding carboxylic acids is 1. The van der Waals surface area contributed by atoms with Crippen LogP contribution >= 0.6 is 0 Å². The summed E-state index contributed by atoms with van der Waals surface area (Å²) in [5.74, 6) is -0.00984. The maximum absolute atomic E-state index is 13.2. The van der Waals surface area contributed by atoms with Gasteiger partial charge in [0.05, 0.1) is 6.04 Å². The summed E-state index contributed by atoms with van der Waals surface area (Å²) in [6, 6.07) is 28.5. The molecule has 0 aliphatic carbocycles. The number of para-hydroxylation sites is 1. The molecule has 0 spiro atoms. The summed E-state index contributed by atoms with van der Waals surface area (Å²) in [7, 11) is 0. The van der Waals surface area contributed by atoms with Crippen LogP contribution in [0, 0.1) is 0 Å². The third kappa shape index (κ3) is 3.35. The summed E-state index contributed by atoms with van der Waals surface area (Å²) >= 11 is 0. The Bertz CT molecular complexity index is 1140. The van der Waals surface area contributed by atoms with Crippen molar-refractivity contribution in [2.45, 2.75) is 13.0 Å². The molecule has 0 aliphatic heterocycles. The van der Waals surface area contributed by atoms with Crippen LogP contribution in [-0.2, 0) is 0 Å². The van der Waals surface area contributed by atoms with Crippen LogP contribution in [0.5, 0.6) is 5.75 Å². The minimum absolute atomic E-state index is 0.127. The fourth-order valence-electron chi connectivity index (χ4n) is 3.54. The van der Waals surface area contributed by atoms with E-state index in [1.165, 1.54) is 0 Å². The second-order valence-corrected chi connectivity index (χ2v) is 6.83. The Balaban J connectivity index is 1.82. The van der Waals surface area contributed by atoms with Crippen LogP contribution in [0.15, 0.2) is 91.0 Å². The number of fused-ring (bicyclic) bond motifs is 1. The third-order valence-electron chi connectivity index (χ3n) is 4.99. The highest BCUT2D eigenvalue weighted by atomic mass is 16.3. The fraction of sp³-hybridized carbons (Fsp3) is 0.0800. The normalized spacial score (nSPS) is 11.9. The van der Waals surface area contributed by atoms with Crippen molar-refractivity contribution >= 4 is 16.7 Å². The summed E-state index contributed by atoms with van der Waals surface area (Å²) in [4.78, 5) is 13.2. The van der Waals surface area contributed by atoms with Crippen molar-refractivity contribution in [3.63, 3.8) is 0 Å². The molecular formula is C25H21NO2. The Morgan fingerprint density at radius 3 is 2.29 bits per heavy atom. The molecule has 0 aromatic heterocycles. The predicted molar refractivity (Wildman–Crippen MR) is 113 cm³/mol. The quantitative estimate of drug-likeness (QED) is 0.486. The first-order chi connectivity index (χ1) is 13.6. The molecule has 0 saturated heterocycles. The Hall–Kier alpha value is -3.59. The maximum atomic E-state index is 13.2. The zero-order chi connectivity index (χ0) is 19.5. The highest BCUT2D eigenvalue weighted by Crippen LogP contribution is 2.37. The van der Waals surface area contributed by atoms with E-state index in [2.05, 4.69) is 5.32 Å². The molecule has 0 heterocycles. The minimum Gasteiger partial charge on any atom is -0.507 e. The highest BCUT2D eigenvalue weighted by molar-refractivity contribution is 6.10. The second kappa shape index (κ2) is 7.57. The highest BCUT2D eigenvalue weighted by Gasteiger charge is 2.19. The van der Waals surface area contributed by atoms with Gasteiger partial charge in [-0.2, -0.15) is 0 Å². The van der Waals surface area contributed by atoms with Crippen LogP contribution in [0.25, 0.3) is 21.9 Å². The standard InChI is InChI=1S/C25H21NO2/c1-17(18-9-3-2-4-10-18)26-25(28)22-16-15-19-11-5-6-12-20(19)24(22)21-13-7-8-14-23(21)27/h2-17,27H,1H3,(H,26,28). The van der Waals surface area contributed by atoms with E-state index in [9.17, 15) is 9.90 Å². The molecule has 2 N–H and O–H groups in total. The van der Waals surface area contributed by atoms with Crippen molar-refractivity contribution in [3.05, 3.63) is 102 Å². The average Bonchev–Trinajstić information content (AvgIpc) is 2.74. The predicted octanol–water partition coefficient (Wildman–Crippen LogP) is 5.70. The van der Waals surface area contributed by atoms with Crippen LogP contribution in [0.4, 0.5) is 0 Å². The van der Waals surface area contributed by atoms with Gasteiger partial charge in [-0.15, -0.1) is 0 Å². The number of rotatable bonds is 4. The van der Waals surface area contributed by atoms with E-state index in [-0.39, 0.29) is 17.7 Å². The van der Waals surface area contributed by atoms with Crippen LogP contribution in [0.2, 0.25) is 0 Å². The molecule has 1 unspecified atom stereocenters. The zero-order valence-corrected chi connectivity index (χ0v) is 15.6. The number of hydrogen-bond acceptors (Lipinski definition) is 2. The number of carbonyl (C=O) groups is 1. The molecular weight excluding hydrogens is 346 g/mol. The molecule has 0 fully saturated rings. The van der Waals surface area contributed by atoms with Gasteiger partial charge in [0.15, 0.2) is 0 Å². The monoisotopic (exact) mass is 367 g/mol. The largest absolute Gasteiger partial charge is 0.507 e. The molecule has 3 nitrogen and oxygen atoms in total. The number of hydrogen-bond donors (Lipinski definition) is 2. The van der Waals surface area contributed by atoms with E-state index < -0.39 is 0 Å². The van der Waals surface area contributed by atoms with Gasteiger partial charge in [0, 0.05) is 16.7 Å². The van der Waals surface area contributed by atoms with E-state index in [0.717, 1.165) is 21.9 Å². The van der Waals surface area contributed by atoms with Crippen molar-refractivity contribution < 1.29 is 9.90 Å². The molecule has 4 aromatic carbocycles. The molecule has 1 atom stereocenters. The van der Waals surface area contributed by atoms with Gasteiger partial charge in [0.25, 0.3) is 5.91 Å². The van der Waals surface area contributed by atoms with Crippen LogP contribution in [0.3, 0.4) is 0 Å². The average molecular weight is 367 g/mol. The summed E-state index contributed by atoms with van der Waals surface area (Å²) < 4.78 is 0. The summed E-state index contributed by atoms with van der Waals surface area (Å²) in [5.41, 5.74) is 2.98. The van der Waals surface area contributed by atoms with Crippen LogP contribution < -0.4 is 5.32 Å². The van der Waals surface area contributed by atoms with E-state index in [1.807, 2.05) is 85.8 Å². The first-order valence-electron chi connectivity index (χ1n) is 9.31. The van der Waals surface area contributed by atoms with Gasteiger partial charge in [0.2, 0.25) is 0 Å². The number of benzene rings is 4. The molecule has 0 bridgehead atoms. The van der Waals surface area contributed by atoms with E-state index >= 15 is 0 Å². The summed E-state index contributed by atoms with van der Waals surface area (Å²) in [6.07, 6.45) is 0. The van der Waals surface area contributed by atoms with Crippen molar-refractivity contribution in [1.29, 1.82) is 0 Å². The lowest BCUT2D eigenvalue weighted by Crippen LogP contribution is -2.27. The first-order valence-corrected chi connectivity index (χ1v) is 9.31. The smallest absolute Gasteiger partial charge is 0.252 e. The molecule has 0 radical (unpaired) electrons. The molecule has 4 rings (SSSR count). The molecule has 138 valence electrons. The van der Waals surface area contributed by atoms with Crippen molar-refractivity contribution in [2.24, 2.45) is 0 Å². The minimum atomic E-state index is -0.166. The number of nitrogens with one attached hydrogen (secondary N) is 1. The maximum Gasteiger partial charge on any atom is 0.252 e. The Kier molecular flexibility index (Phi) is 4.81. The van der Waals surface area contributed by atoms with Gasteiger partial charge >= 0.3 is 0 Å². The van der Waals surface area contributed by atoms with E-state index in [0.29, 0.717) is 11.1 Å². The van der Waals surface area contributed by atoms with Gasteiger partial charge in [0.1, 0.15) is 5.75 Å². The lowest BCUT2D eigenvalue weighted by atomic mass is 9.92. The summed E-state index contributed by atoms with van der Waals surface area (Å²) in [6.45, 7) is 1.97. The number of phenolic OH excluding ortho intramolecular Hbond substituents is 1. The van der Waals surface area contributed by atoms with Crippen molar-refractivity contribution in [2.75, 3.05) is 0 Å². The van der Waals surface area contributed by atoms with Crippen molar-refractivity contribution in [1.82, 2.24) is 5.32 Å². The number of amides is 1. The lowest BCUT2D eigenvalue weighted by Gasteiger charge is -2.18. The molecule has 0 aliphatic rings. The Morgan fingerprint density at radius 2 is 1.50 bits per heavy atom. The lowest BCUT2D eigenvalue weighted by molar-refractivity contribution is 0.0940. The van der Waals surface area contributed by atoms with Gasteiger partial charge in [-0.3, -0.25) is 4.79 Å². The van der Waals surface area contributed by atoms with Crippen LogP contribution in [0.1, 0.15) is 28.9 Å². The molecule has 1 amide bonds. The van der Waals surface area contributed by atoms with Crippen LogP contribution in [-0.4, -0.2) is 11.0 Å². The topological polar surface area (TPSA) is 49.3 Å². The van der Waals surface area contributed by atoms with Gasteiger partial charge < -0.3 is 10.4 Å². The SMILES string of the molecule is CC(NC(=O)c1ccc2ccccc2c1-c1ccccc1O)c1ccccc1. The van der Waals surface area contributed by atoms with E-state index in [4.69, 9.17) is 0 Å². The molecule has 0 saturated carbocycles. The summed E-state index contributed by atoms with van der Waals surface area (Å²) in [5, 5.41) is 15.5. The number of aromatic hydroxyl groups is 1. The second-order valence-electron chi connectivity index (χ2n) is 6.83. The number of phenols is 1. The molecule has 4 aromatic rings. The van der Waals surface area contributed by atoms with Gasteiger partial charge in [-0.1, -0.05) is 78.9 Å². The van der Waals surface area contributed by atoms with Gasteiger partial charge in [-0.25, -0.2) is 0 Å².